The number of carbonyl (C=O) groups is 2. The summed E-state index contributed by atoms with van der Waals surface area (Å²) in [7, 11) is 0. The average Bonchev–Trinajstić information content (AvgIpc) is 2.58. The van der Waals surface area contributed by atoms with Crippen molar-refractivity contribution in [1.82, 2.24) is 5.32 Å². The molecule has 0 atom stereocenters. The summed E-state index contributed by atoms with van der Waals surface area (Å²) >= 11 is 3.24. The van der Waals surface area contributed by atoms with E-state index >= 15 is 0 Å². The number of carboxylic acids is 1. The van der Waals surface area contributed by atoms with Gasteiger partial charge in [-0.1, -0.05) is 64.5 Å². The Bertz CT molecular complexity index is 744. The van der Waals surface area contributed by atoms with Crippen LogP contribution in [0, 0.1) is 0 Å². The normalized spacial score (nSPS) is 10.5. The zero-order valence-electron chi connectivity index (χ0n) is 12.7. The van der Waals surface area contributed by atoms with Crippen LogP contribution >= 0.6 is 15.9 Å². The van der Waals surface area contributed by atoms with E-state index in [2.05, 4.69) is 21.2 Å². The second kappa shape index (κ2) is 8.88. The highest BCUT2D eigenvalue weighted by atomic mass is 79.9. The molecule has 0 spiro atoms. The first kappa shape index (κ1) is 17.7. The molecule has 0 bridgehead atoms. The van der Waals surface area contributed by atoms with E-state index in [1.165, 1.54) is 6.07 Å². The maximum atomic E-state index is 11.6. The van der Waals surface area contributed by atoms with Crippen molar-refractivity contribution in [2.75, 3.05) is 6.54 Å². The predicted octanol–water partition coefficient (Wildman–Crippen LogP) is 4.09. The second-order valence-electron chi connectivity index (χ2n) is 4.88. The standard InChI is InChI=1S/C18H16BrNO4/c19-15-9-8-14(16(11-15)17(21)22)7-4-10-20-18(23)24-12-13-5-2-1-3-6-13/h1-9,11H,10,12H2,(H,20,23)(H,21,22). The maximum Gasteiger partial charge on any atom is 0.407 e. The molecule has 0 saturated heterocycles. The summed E-state index contributed by atoms with van der Waals surface area (Å²) < 4.78 is 5.77. The van der Waals surface area contributed by atoms with E-state index in [1.807, 2.05) is 30.3 Å². The van der Waals surface area contributed by atoms with Gasteiger partial charge < -0.3 is 15.2 Å². The third-order valence-corrected chi connectivity index (χ3v) is 3.61. The molecule has 0 aliphatic carbocycles. The number of alkyl carbamates (subject to hydrolysis) is 1. The van der Waals surface area contributed by atoms with Crippen LogP contribution in [0.15, 0.2) is 59.1 Å². The number of hydrogen-bond acceptors (Lipinski definition) is 3. The molecule has 5 nitrogen and oxygen atoms in total. The van der Waals surface area contributed by atoms with Crippen molar-refractivity contribution in [3.8, 4) is 0 Å². The van der Waals surface area contributed by atoms with Gasteiger partial charge in [-0.3, -0.25) is 0 Å². The Hall–Kier alpha value is -2.60. The van der Waals surface area contributed by atoms with E-state index in [-0.39, 0.29) is 18.7 Å². The fraction of sp³-hybridized carbons (Fsp3) is 0.111. The summed E-state index contributed by atoms with van der Waals surface area (Å²) in [6, 6.07) is 14.4. The number of rotatable bonds is 6. The highest BCUT2D eigenvalue weighted by Crippen LogP contribution is 2.18. The summed E-state index contributed by atoms with van der Waals surface area (Å²) in [5.41, 5.74) is 1.65. The van der Waals surface area contributed by atoms with Crippen LogP contribution in [0.25, 0.3) is 6.08 Å². The molecular weight excluding hydrogens is 374 g/mol. The van der Waals surface area contributed by atoms with Gasteiger partial charge in [0, 0.05) is 11.0 Å². The fourth-order valence-electron chi connectivity index (χ4n) is 1.96. The lowest BCUT2D eigenvalue weighted by atomic mass is 10.1. The van der Waals surface area contributed by atoms with Crippen molar-refractivity contribution in [3.05, 3.63) is 75.8 Å². The van der Waals surface area contributed by atoms with Crippen molar-refractivity contribution >= 4 is 34.1 Å². The van der Waals surface area contributed by atoms with Gasteiger partial charge in [-0.05, 0) is 23.3 Å². The van der Waals surface area contributed by atoms with Crippen molar-refractivity contribution in [3.63, 3.8) is 0 Å². The van der Waals surface area contributed by atoms with E-state index in [4.69, 9.17) is 9.84 Å². The molecular formula is C18H16BrNO4. The Morgan fingerprint density at radius 3 is 2.62 bits per heavy atom. The number of carboxylic acid groups (broad SMARTS) is 1. The fourth-order valence-corrected chi connectivity index (χ4v) is 2.32. The molecule has 0 fully saturated rings. The van der Waals surface area contributed by atoms with Crippen LogP contribution in [0.1, 0.15) is 21.5 Å². The van der Waals surface area contributed by atoms with Gasteiger partial charge in [-0.2, -0.15) is 0 Å². The molecule has 1 amide bonds. The zero-order chi connectivity index (χ0) is 17.4. The first-order valence-corrected chi connectivity index (χ1v) is 7.99. The predicted molar refractivity (Wildman–Crippen MR) is 94.8 cm³/mol. The second-order valence-corrected chi connectivity index (χ2v) is 5.80. The maximum absolute atomic E-state index is 11.6. The molecule has 2 rings (SSSR count). The van der Waals surface area contributed by atoms with E-state index in [0.29, 0.717) is 10.0 Å². The van der Waals surface area contributed by atoms with Crippen molar-refractivity contribution in [2.24, 2.45) is 0 Å². The first-order valence-electron chi connectivity index (χ1n) is 7.20. The summed E-state index contributed by atoms with van der Waals surface area (Å²) in [5, 5.41) is 11.7. The average molecular weight is 390 g/mol. The van der Waals surface area contributed by atoms with E-state index in [1.54, 1.807) is 24.3 Å². The number of ether oxygens (including phenoxy) is 1. The molecule has 124 valence electrons. The van der Waals surface area contributed by atoms with Gasteiger partial charge in [-0.25, -0.2) is 9.59 Å². The lowest BCUT2D eigenvalue weighted by Crippen LogP contribution is -2.24. The zero-order valence-corrected chi connectivity index (χ0v) is 14.3. The van der Waals surface area contributed by atoms with E-state index in [9.17, 15) is 9.59 Å². The van der Waals surface area contributed by atoms with Crippen LogP contribution in [0.3, 0.4) is 0 Å². The summed E-state index contributed by atoms with van der Waals surface area (Å²) in [5.74, 6) is -1.01. The molecule has 2 aromatic carbocycles. The van der Waals surface area contributed by atoms with Crippen LogP contribution in [0.4, 0.5) is 4.79 Å². The van der Waals surface area contributed by atoms with Crippen molar-refractivity contribution in [1.29, 1.82) is 0 Å². The topological polar surface area (TPSA) is 75.6 Å². The Balaban J connectivity index is 1.82. The summed E-state index contributed by atoms with van der Waals surface area (Å²) in [6.07, 6.45) is 2.78. The van der Waals surface area contributed by atoms with Crippen LogP contribution in [0.2, 0.25) is 0 Å². The van der Waals surface area contributed by atoms with Crippen LogP contribution in [0.5, 0.6) is 0 Å². The SMILES string of the molecule is O=C(NCC=Cc1ccc(Br)cc1C(=O)O)OCc1ccccc1. The van der Waals surface area contributed by atoms with E-state index in [0.717, 1.165) is 5.56 Å². The summed E-state index contributed by atoms with van der Waals surface area (Å²) in [6.45, 7) is 0.439. The number of amides is 1. The molecule has 2 N–H and O–H groups in total. The van der Waals surface area contributed by atoms with Gasteiger partial charge in [0.2, 0.25) is 0 Å². The van der Waals surface area contributed by atoms with E-state index < -0.39 is 12.1 Å². The van der Waals surface area contributed by atoms with Crippen molar-refractivity contribution in [2.45, 2.75) is 6.61 Å². The minimum absolute atomic E-state index is 0.187. The molecule has 6 heteroatoms. The monoisotopic (exact) mass is 389 g/mol. The van der Waals surface area contributed by atoms with Gasteiger partial charge in [0.1, 0.15) is 6.61 Å². The molecule has 0 heterocycles. The third kappa shape index (κ3) is 5.55. The highest BCUT2D eigenvalue weighted by Gasteiger charge is 2.08. The van der Waals surface area contributed by atoms with Crippen molar-refractivity contribution < 1.29 is 19.4 Å². The number of halogens is 1. The van der Waals surface area contributed by atoms with Crippen LogP contribution < -0.4 is 5.32 Å². The quantitative estimate of drug-likeness (QED) is 0.779. The van der Waals surface area contributed by atoms with Crippen LogP contribution in [-0.4, -0.2) is 23.7 Å². The smallest absolute Gasteiger partial charge is 0.407 e. The van der Waals surface area contributed by atoms with Gasteiger partial charge in [-0.15, -0.1) is 0 Å². The molecule has 0 saturated carbocycles. The lowest BCUT2D eigenvalue weighted by Gasteiger charge is -2.05. The molecule has 0 aliphatic heterocycles. The molecule has 0 aliphatic rings. The number of carbonyl (C=O) groups excluding carboxylic acids is 1. The number of nitrogens with one attached hydrogen (secondary N) is 1. The Morgan fingerprint density at radius 2 is 1.92 bits per heavy atom. The Kier molecular flexibility index (Phi) is 6.57. The molecule has 0 unspecified atom stereocenters. The number of aromatic carboxylic acids is 1. The minimum Gasteiger partial charge on any atom is -0.478 e. The third-order valence-electron chi connectivity index (χ3n) is 3.12. The van der Waals surface area contributed by atoms with Gasteiger partial charge in [0.15, 0.2) is 0 Å². The number of hydrogen-bond donors (Lipinski definition) is 2. The van der Waals surface area contributed by atoms with Gasteiger partial charge in [0.05, 0.1) is 5.56 Å². The largest absolute Gasteiger partial charge is 0.478 e. The first-order chi connectivity index (χ1) is 11.6. The molecule has 24 heavy (non-hydrogen) atoms. The van der Waals surface area contributed by atoms with Gasteiger partial charge in [0.25, 0.3) is 0 Å². The Morgan fingerprint density at radius 1 is 1.17 bits per heavy atom. The Labute approximate surface area is 148 Å². The van der Waals surface area contributed by atoms with Crippen LogP contribution in [-0.2, 0) is 11.3 Å². The van der Waals surface area contributed by atoms with Gasteiger partial charge >= 0.3 is 12.1 Å². The minimum atomic E-state index is -1.01. The lowest BCUT2D eigenvalue weighted by molar-refractivity contribution is 0.0696. The highest BCUT2D eigenvalue weighted by molar-refractivity contribution is 9.10. The molecule has 0 radical (unpaired) electrons. The number of benzene rings is 2. The molecule has 0 aromatic heterocycles. The summed E-state index contributed by atoms with van der Waals surface area (Å²) in [4.78, 5) is 22.8. The molecule has 2 aromatic rings.